The second-order valence-electron chi connectivity index (χ2n) is 7.34. The summed E-state index contributed by atoms with van der Waals surface area (Å²) in [5.41, 5.74) is 2.02. The van der Waals surface area contributed by atoms with Crippen molar-refractivity contribution in [2.24, 2.45) is 0 Å². The van der Waals surface area contributed by atoms with Crippen molar-refractivity contribution in [2.45, 2.75) is 45.8 Å². The molecule has 0 bridgehead atoms. The summed E-state index contributed by atoms with van der Waals surface area (Å²) in [7, 11) is 0. The van der Waals surface area contributed by atoms with E-state index in [0.717, 1.165) is 56.5 Å². The maximum atomic E-state index is 5.93. The standard InChI is InChI=1S/C20H28N4OS/c1-15-13-21-16(2)20(22-15)24-10-8-23(9-11-24)14-17-6-7-19(26-17)18-5-3-4-12-25-18/h6-7,13,18H,3-5,8-12,14H2,1-2H3. The van der Waals surface area contributed by atoms with Gasteiger partial charge in [0.1, 0.15) is 5.82 Å². The van der Waals surface area contributed by atoms with Gasteiger partial charge in [0.15, 0.2) is 0 Å². The Labute approximate surface area is 160 Å². The lowest BCUT2D eigenvalue weighted by Gasteiger charge is -2.35. The molecule has 6 heteroatoms. The Morgan fingerprint density at radius 2 is 2.00 bits per heavy atom. The molecule has 0 saturated carbocycles. The molecule has 1 atom stereocenters. The monoisotopic (exact) mass is 372 g/mol. The average molecular weight is 373 g/mol. The summed E-state index contributed by atoms with van der Waals surface area (Å²) in [4.78, 5) is 16.9. The predicted octanol–water partition coefficient (Wildman–Crippen LogP) is 3.72. The maximum Gasteiger partial charge on any atom is 0.150 e. The second kappa shape index (κ2) is 8.03. The quantitative estimate of drug-likeness (QED) is 0.818. The lowest BCUT2D eigenvalue weighted by Crippen LogP contribution is -2.46. The third-order valence-corrected chi connectivity index (χ3v) is 6.44. The zero-order chi connectivity index (χ0) is 17.9. The van der Waals surface area contributed by atoms with Crippen LogP contribution in [-0.4, -0.2) is 47.7 Å². The van der Waals surface area contributed by atoms with Crippen LogP contribution >= 0.6 is 11.3 Å². The van der Waals surface area contributed by atoms with E-state index < -0.39 is 0 Å². The summed E-state index contributed by atoms with van der Waals surface area (Å²) in [6.45, 7) is 10.2. The summed E-state index contributed by atoms with van der Waals surface area (Å²) in [6.07, 6.45) is 5.86. The molecule has 0 spiro atoms. The van der Waals surface area contributed by atoms with Gasteiger partial charge in [0.25, 0.3) is 0 Å². The third-order valence-electron chi connectivity index (χ3n) is 5.28. The largest absolute Gasteiger partial charge is 0.373 e. The van der Waals surface area contributed by atoms with E-state index >= 15 is 0 Å². The van der Waals surface area contributed by atoms with E-state index in [9.17, 15) is 0 Å². The summed E-state index contributed by atoms with van der Waals surface area (Å²) < 4.78 is 5.93. The zero-order valence-corrected chi connectivity index (χ0v) is 16.6. The first-order valence-corrected chi connectivity index (χ1v) is 10.5. The van der Waals surface area contributed by atoms with E-state index in [-0.39, 0.29) is 0 Å². The van der Waals surface area contributed by atoms with Gasteiger partial charge in [-0.3, -0.25) is 9.88 Å². The molecule has 2 saturated heterocycles. The molecule has 2 aliphatic rings. The number of ether oxygens (including phenoxy) is 1. The Bertz CT molecular complexity index is 733. The van der Waals surface area contributed by atoms with Crippen LogP contribution in [0.5, 0.6) is 0 Å². The highest BCUT2D eigenvalue weighted by atomic mass is 32.1. The van der Waals surface area contributed by atoms with E-state index in [1.165, 1.54) is 29.0 Å². The highest BCUT2D eigenvalue weighted by Gasteiger charge is 2.22. The Kier molecular flexibility index (Phi) is 5.52. The van der Waals surface area contributed by atoms with Crippen LogP contribution in [0.1, 0.15) is 46.5 Å². The van der Waals surface area contributed by atoms with Gasteiger partial charge in [0.2, 0.25) is 0 Å². The molecular weight excluding hydrogens is 344 g/mol. The maximum absolute atomic E-state index is 5.93. The van der Waals surface area contributed by atoms with Crippen LogP contribution in [0.25, 0.3) is 0 Å². The molecular formula is C20H28N4OS. The minimum atomic E-state index is 0.335. The molecule has 5 nitrogen and oxygen atoms in total. The fourth-order valence-electron chi connectivity index (χ4n) is 3.78. The summed E-state index contributed by atoms with van der Waals surface area (Å²) in [5.74, 6) is 1.05. The van der Waals surface area contributed by atoms with Crippen LogP contribution in [0.15, 0.2) is 18.3 Å². The number of piperazine rings is 1. The van der Waals surface area contributed by atoms with Gasteiger partial charge in [-0.25, -0.2) is 4.98 Å². The Morgan fingerprint density at radius 1 is 1.15 bits per heavy atom. The lowest BCUT2D eigenvalue weighted by atomic mass is 10.1. The molecule has 0 aliphatic carbocycles. The van der Waals surface area contributed by atoms with Crippen molar-refractivity contribution in [2.75, 3.05) is 37.7 Å². The van der Waals surface area contributed by atoms with Gasteiger partial charge in [-0.05, 0) is 45.2 Å². The number of anilines is 1. The zero-order valence-electron chi connectivity index (χ0n) is 15.8. The highest BCUT2D eigenvalue weighted by Crippen LogP contribution is 2.33. The molecule has 4 rings (SSSR count). The normalized spacial score (nSPS) is 21.9. The molecule has 1 unspecified atom stereocenters. The molecule has 0 radical (unpaired) electrons. The fraction of sp³-hybridized carbons (Fsp3) is 0.600. The van der Waals surface area contributed by atoms with Crippen LogP contribution in [0.2, 0.25) is 0 Å². The number of thiophene rings is 1. The molecule has 0 amide bonds. The number of rotatable bonds is 4. The number of aryl methyl sites for hydroxylation is 2. The van der Waals surface area contributed by atoms with E-state index in [1.807, 2.05) is 24.5 Å². The summed E-state index contributed by atoms with van der Waals surface area (Å²) in [6, 6.07) is 4.57. The number of aromatic nitrogens is 2. The molecule has 2 aromatic heterocycles. The first-order chi connectivity index (χ1) is 12.7. The van der Waals surface area contributed by atoms with Gasteiger partial charge in [-0.2, -0.15) is 0 Å². The van der Waals surface area contributed by atoms with Crippen molar-refractivity contribution in [1.82, 2.24) is 14.9 Å². The summed E-state index contributed by atoms with van der Waals surface area (Å²) in [5, 5.41) is 0. The lowest BCUT2D eigenvalue weighted by molar-refractivity contribution is 0.0172. The molecule has 26 heavy (non-hydrogen) atoms. The number of nitrogens with zero attached hydrogens (tertiary/aromatic N) is 4. The average Bonchev–Trinajstić information content (AvgIpc) is 3.14. The molecule has 2 fully saturated rings. The van der Waals surface area contributed by atoms with Gasteiger partial charge in [0.05, 0.1) is 17.5 Å². The van der Waals surface area contributed by atoms with Gasteiger partial charge in [0, 0.05) is 55.3 Å². The molecule has 4 heterocycles. The van der Waals surface area contributed by atoms with E-state index in [0.29, 0.717) is 6.10 Å². The first-order valence-electron chi connectivity index (χ1n) is 9.67. The molecule has 2 aliphatic heterocycles. The summed E-state index contributed by atoms with van der Waals surface area (Å²) >= 11 is 1.93. The van der Waals surface area contributed by atoms with Crippen LogP contribution in [-0.2, 0) is 11.3 Å². The number of hydrogen-bond acceptors (Lipinski definition) is 6. The van der Waals surface area contributed by atoms with Crippen molar-refractivity contribution in [3.63, 3.8) is 0 Å². The van der Waals surface area contributed by atoms with Crippen molar-refractivity contribution in [3.05, 3.63) is 39.5 Å². The van der Waals surface area contributed by atoms with Crippen LogP contribution in [0.3, 0.4) is 0 Å². The van der Waals surface area contributed by atoms with Crippen molar-refractivity contribution in [3.8, 4) is 0 Å². The SMILES string of the molecule is Cc1cnc(C)c(N2CCN(Cc3ccc(C4CCCCO4)s3)CC2)n1. The smallest absolute Gasteiger partial charge is 0.150 e. The minimum absolute atomic E-state index is 0.335. The second-order valence-corrected chi connectivity index (χ2v) is 8.54. The van der Waals surface area contributed by atoms with E-state index in [4.69, 9.17) is 9.72 Å². The number of hydrogen-bond donors (Lipinski definition) is 0. The van der Waals surface area contributed by atoms with Gasteiger partial charge in [-0.1, -0.05) is 0 Å². The Balaban J connectivity index is 1.32. The Morgan fingerprint density at radius 3 is 2.77 bits per heavy atom. The molecule has 0 N–H and O–H groups in total. The van der Waals surface area contributed by atoms with Crippen molar-refractivity contribution in [1.29, 1.82) is 0 Å². The topological polar surface area (TPSA) is 41.5 Å². The van der Waals surface area contributed by atoms with Gasteiger partial charge < -0.3 is 9.64 Å². The first kappa shape index (κ1) is 17.9. The minimum Gasteiger partial charge on any atom is -0.373 e. The third kappa shape index (κ3) is 4.08. The Hall–Kier alpha value is -1.50. The van der Waals surface area contributed by atoms with E-state index in [1.54, 1.807) is 0 Å². The predicted molar refractivity (Wildman–Crippen MR) is 106 cm³/mol. The van der Waals surface area contributed by atoms with Crippen LogP contribution in [0.4, 0.5) is 5.82 Å². The van der Waals surface area contributed by atoms with E-state index in [2.05, 4.69) is 33.8 Å². The molecule has 140 valence electrons. The van der Waals surface area contributed by atoms with Crippen molar-refractivity contribution >= 4 is 17.2 Å². The van der Waals surface area contributed by atoms with Gasteiger partial charge >= 0.3 is 0 Å². The molecule has 0 aromatic carbocycles. The van der Waals surface area contributed by atoms with Crippen LogP contribution < -0.4 is 4.90 Å². The van der Waals surface area contributed by atoms with Gasteiger partial charge in [-0.15, -0.1) is 11.3 Å². The van der Waals surface area contributed by atoms with Crippen molar-refractivity contribution < 1.29 is 4.74 Å². The van der Waals surface area contributed by atoms with Crippen LogP contribution in [0, 0.1) is 13.8 Å². The fourth-order valence-corrected chi connectivity index (χ4v) is 4.92. The molecule has 2 aromatic rings. The highest BCUT2D eigenvalue weighted by molar-refractivity contribution is 7.12.